The van der Waals surface area contributed by atoms with Crippen LogP contribution in [0.15, 0.2) is 48.7 Å². The number of likely N-dealkylation sites (tertiary alicyclic amines) is 1. The number of aliphatic hydroxyl groups is 1. The van der Waals surface area contributed by atoms with Crippen molar-refractivity contribution in [3.05, 3.63) is 70.6 Å². The quantitative estimate of drug-likeness (QED) is 0.279. The Morgan fingerprint density at radius 3 is 2.40 bits per heavy atom. The molecule has 1 fully saturated rings. The lowest BCUT2D eigenvalue weighted by Crippen LogP contribution is -2.49. The maximum Gasteiger partial charge on any atom is 0.425 e. The zero-order valence-corrected chi connectivity index (χ0v) is 24.9. The molecule has 3 atom stereocenters. The standard InChI is InChI=1S/C30H35ClF3N5O4/c1-18(40)28-37-25(16-38(28)3)21-7-5-20(6-8-21)13-23(15-35-27(41)17-39-11-4-12-39)36-29(42)22-9-10-26(24(31)14-22)43-19(2)30(32,33)34/h5-10,14,16,18-19,23,40H,4,11-13,15,17H2,1-3H3,(H,35,41)(H,36,42)/t18?,19-,23?/m0/s1. The van der Waals surface area contributed by atoms with Crippen LogP contribution >= 0.6 is 11.6 Å². The highest BCUT2D eigenvalue weighted by atomic mass is 35.5. The number of hydrogen-bond acceptors (Lipinski definition) is 6. The SMILES string of the molecule is CC(O)c1nc(-c2ccc(CC(CNC(=O)CN3CCC3)NC(=O)c3ccc(O[C@@H](C)C(F)(F)F)c(Cl)c3)cc2)cn1C. The van der Waals surface area contributed by atoms with E-state index in [4.69, 9.17) is 16.3 Å². The Hall–Kier alpha value is -3.61. The van der Waals surface area contributed by atoms with Crippen molar-refractivity contribution in [2.75, 3.05) is 26.2 Å². The summed E-state index contributed by atoms with van der Waals surface area (Å²) in [4.78, 5) is 32.1. The molecule has 13 heteroatoms. The van der Waals surface area contributed by atoms with Crippen LogP contribution in [0, 0.1) is 0 Å². The monoisotopic (exact) mass is 621 g/mol. The van der Waals surface area contributed by atoms with E-state index in [1.165, 1.54) is 18.2 Å². The fourth-order valence-electron chi connectivity index (χ4n) is 4.58. The van der Waals surface area contributed by atoms with Crippen molar-refractivity contribution in [1.82, 2.24) is 25.1 Å². The molecule has 2 amide bonds. The van der Waals surface area contributed by atoms with Gasteiger partial charge < -0.3 is 25.0 Å². The number of nitrogens with one attached hydrogen (secondary N) is 2. The Bertz CT molecular complexity index is 1420. The van der Waals surface area contributed by atoms with Gasteiger partial charge in [0.2, 0.25) is 5.91 Å². The maximum atomic E-state index is 13.2. The van der Waals surface area contributed by atoms with Crippen molar-refractivity contribution in [2.24, 2.45) is 7.05 Å². The Kier molecular flexibility index (Phi) is 10.4. The number of amides is 2. The molecule has 2 heterocycles. The van der Waals surface area contributed by atoms with Gasteiger partial charge in [0.1, 0.15) is 17.7 Å². The van der Waals surface area contributed by atoms with E-state index in [0.717, 1.165) is 37.6 Å². The molecule has 232 valence electrons. The van der Waals surface area contributed by atoms with Crippen LogP contribution in [0.5, 0.6) is 5.75 Å². The average Bonchev–Trinajstić information content (AvgIpc) is 3.32. The lowest BCUT2D eigenvalue weighted by Gasteiger charge is -2.30. The largest absolute Gasteiger partial charge is 0.480 e. The third-order valence-corrected chi connectivity index (χ3v) is 7.47. The number of nitrogens with zero attached hydrogens (tertiary/aromatic N) is 3. The summed E-state index contributed by atoms with van der Waals surface area (Å²) in [5.74, 6) is -0.298. The minimum Gasteiger partial charge on any atom is -0.480 e. The summed E-state index contributed by atoms with van der Waals surface area (Å²) >= 11 is 6.14. The predicted octanol–water partition coefficient (Wildman–Crippen LogP) is 4.29. The molecule has 0 bridgehead atoms. The molecule has 0 aliphatic carbocycles. The van der Waals surface area contributed by atoms with Gasteiger partial charge in [-0.2, -0.15) is 13.2 Å². The molecule has 1 saturated heterocycles. The summed E-state index contributed by atoms with van der Waals surface area (Å²) < 4.78 is 45.4. The van der Waals surface area contributed by atoms with Crippen LogP contribution < -0.4 is 15.4 Å². The van der Waals surface area contributed by atoms with E-state index in [0.29, 0.717) is 17.9 Å². The first-order valence-electron chi connectivity index (χ1n) is 13.9. The van der Waals surface area contributed by atoms with Crippen LogP contribution in [0.3, 0.4) is 0 Å². The van der Waals surface area contributed by atoms with Gasteiger partial charge in [-0.25, -0.2) is 4.98 Å². The summed E-state index contributed by atoms with van der Waals surface area (Å²) in [7, 11) is 1.81. The summed E-state index contributed by atoms with van der Waals surface area (Å²) in [6.45, 7) is 4.70. The molecular weight excluding hydrogens is 587 g/mol. The molecule has 2 aromatic carbocycles. The van der Waals surface area contributed by atoms with Crippen molar-refractivity contribution < 1.29 is 32.6 Å². The van der Waals surface area contributed by atoms with E-state index in [-0.39, 0.29) is 35.3 Å². The molecule has 1 aliphatic heterocycles. The minimum absolute atomic E-state index is 0.132. The second-order valence-corrected chi connectivity index (χ2v) is 11.1. The van der Waals surface area contributed by atoms with Crippen molar-refractivity contribution in [2.45, 2.75) is 51.1 Å². The van der Waals surface area contributed by atoms with Gasteiger partial charge in [0, 0.05) is 30.9 Å². The number of aromatic nitrogens is 2. The molecule has 3 N–H and O–H groups in total. The van der Waals surface area contributed by atoms with Gasteiger partial charge in [-0.1, -0.05) is 35.9 Å². The highest BCUT2D eigenvalue weighted by molar-refractivity contribution is 6.32. The second kappa shape index (κ2) is 13.8. The number of carbonyl (C=O) groups is 2. The van der Waals surface area contributed by atoms with E-state index in [1.807, 2.05) is 42.4 Å². The normalized spacial score (nSPS) is 15.7. The Morgan fingerprint density at radius 1 is 1.14 bits per heavy atom. The molecule has 1 aliphatic rings. The first-order valence-corrected chi connectivity index (χ1v) is 14.3. The number of benzene rings is 2. The molecular formula is C30H35ClF3N5O4. The van der Waals surface area contributed by atoms with E-state index < -0.39 is 30.3 Å². The van der Waals surface area contributed by atoms with Crippen molar-refractivity contribution in [3.8, 4) is 17.0 Å². The smallest absolute Gasteiger partial charge is 0.425 e. The van der Waals surface area contributed by atoms with E-state index in [2.05, 4.69) is 15.6 Å². The molecule has 0 radical (unpaired) electrons. The number of carbonyl (C=O) groups excluding carboxylic acids is 2. The number of rotatable bonds is 12. The van der Waals surface area contributed by atoms with Gasteiger partial charge in [0.15, 0.2) is 6.10 Å². The van der Waals surface area contributed by atoms with E-state index in [9.17, 15) is 27.9 Å². The molecule has 43 heavy (non-hydrogen) atoms. The Balaban J connectivity index is 1.46. The third kappa shape index (κ3) is 8.71. The predicted molar refractivity (Wildman–Crippen MR) is 156 cm³/mol. The van der Waals surface area contributed by atoms with Gasteiger partial charge >= 0.3 is 6.18 Å². The maximum absolute atomic E-state index is 13.2. The number of hydrogen-bond donors (Lipinski definition) is 3. The first-order chi connectivity index (χ1) is 20.3. The zero-order valence-electron chi connectivity index (χ0n) is 24.1. The number of halogens is 4. The van der Waals surface area contributed by atoms with Gasteiger partial charge in [0.25, 0.3) is 5.91 Å². The lowest BCUT2D eigenvalue weighted by molar-refractivity contribution is -0.189. The summed E-state index contributed by atoms with van der Waals surface area (Å²) in [5, 5.41) is 15.6. The topological polar surface area (TPSA) is 109 Å². The van der Waals surface area contributed by atoms with Crippen molar-refractivity contribution >= 4 is 23.4 Å². The van der Waals surface area contributed by atoms with Gasteiger partial charge in [-0.05, 0) is 63.5 Å². The van der Waals surface area contributed by atoms with Crippen LogP contribution in [0.25, 0.3) is 11.3 Å². The summed E-state index contributed by atoms with van der Waals surface area (Å²) in [6, 6.07) is 10.9. The van der Waals surface area contributed by atoms with Crippen LogP contribution in [0.2, 0.25) is 5.02 Å². The number of ether oxygens (including phenoxy) is 1. The van der Waals surface area contributed by atoms with Gasteiger partial charge in [0.05, 0.1) is 23.3 Å². The fourth-order valence-corrected chi connectivity index (χ4v) is 4.80. The molecule has 3 aromatic rings. The zero-order chi connectivity index (χ0) is 31.3. The highest BCUT2D eigenvalue weighted by Gasteiger charge is 2.38. The number of aryl methyl sites for hydroxylation is 1. The molecule has 1 aromatic heterocycles. The van der Waals surface area contributed by atoms with E-state index >= 15 is 0 Å². The third-order valence-electron chi connectivity index (χ3n) is 7.17. The van der Waals surface area contributed by atoms with Crippen LogP contribution in [-0.4, -0.2) is 75.9 Å². The molecule has 2 unspecified atom stereocenters. The Morgan fingerprint density at radius 2 is 1.84 bits per heavy atom. The highest BCUT2D eigenvalue weighted by Crippen LogP contribution is 2.31. The molecule has 0 saturated carbocycles. The fraction of sp³-hybridized carbons (Fsp3) is 0.433. The lowest BCUT2D eigenvalue weighted by atomic mass is 10.0. The number of aliphatic hydroxyl groups excluding tert-OH is 1. The number of imidazole rings is 1. The number of alkyl halides is 3. The molecule has 0 spiro atoms. The summed E-state index contributed by atoms with van der Waals surface area (Å²) in [6.07, 6.45) is -4.07. The average molecular weight is 622 g/mol. The Labute approximate surface area is 253 Å². The van der Waals surface area contributed by atoms with Gasteiger partial charge in [-0.3, -0.25) is 14.5 Å². The summed E-state index contributed by atoms with van der Waals surface area (Å²) in [5.41, 5.74) is 2.59. The second-order valence-electron chi connectivity index (χ2n) is 10.7. The van der Waals surface area contributed by atoms with Crippen molar-refractivity contribution in [1.29, 1.82) is 0 Å². The first kappa shape index (κ1) is 32.3. The van der Waals surface area contributed by atoms with Crippen LogP contribution in [0.4, 0.5) is 13.2 Å². The molecule has 9 nitrogen and oxygen atoms in total. The van der Waals surface area contributed by atoms with Gasteiger partial charge in [-0.15, -0.1) is 0 Å². The van der Waals surface area contributed by atoms with Crippen molar-refractivity contribution in [3.63, 3.8) is 0 Å². The van der Waals surface area contributed by atoms with Crippen LogP contribution in [0.1, 0.15) is 48.1 Å². The van der Waals surface area contributed by atoms with Crippen LogP contribution in [-0.2, 0) is 18.3 Å². The van der Waals surface area contributed by atoms with E-state index in [1.54, 1.807) is 11.5 Å². The molecule has 4 rings (SSSR count). The minimum atomic E-state index is -4.57.